The molecule has 0 unspecified atom stereocenters. The van der Waals surface area contributed by atoms with Crippen LogP contribution >= 0.6 is 11.8 Å². The Bertz CT molecular complexity index is 1910. The number of nitrogens with one attached hydrogen (secondary N) is 9. The zero-order chi connectivity index (χ0) is 53.4. The zero-order valence-electron chi connectivity index (χ0n) is 40.9. The molecule has 0 aliphatic heterocycles. The van der Waals surface area contributed by atoms with Crippen molar-refractivity contribution in [2.45, 2.75) is 147 Å². The second-order valence-corrected chi connectivity index (χ2v) is 18.4. The van der Waals surface area contributed by atoms with Crippen LogP contribution in [-0.2, 0) is 54.4 Å². The first-order chi connectivity index (χ1) is 32.8. The average molecular weight is 1020 g/mol. The fraction of sp³-hybridized carbons (Fsp3) is 0.698. The van der Waals surface area contributed by atoms with Gasteiger partial charge >= 0.3 is 5.97 Å². The number of nitrogens with two attached hydrogens (primary N) is 2. The lowest BCUT2D eigenvalue weighted by Crippen LogP contribution is -2.63. The van der Waals surface area contributed by atoms with E-state index in [1.54, 1.807) is 40.9 Å². The Morgan fingerprint density at radius 1 is 0.643 bits per heavy atom. The molecule has 0 bridgehead atoms. The van der Waals surface area contributed by atoms with E-state index in [2.05, 4.69) is 52.5 Å². The van der Waals surface area contributed by atoms with Gasteiger partial charge in [0.25, 0.3) is 0 Å². The van der Waals surface area contributed by atoms with Crippen molar-refractivity contribution in [1.29, 1.82) is 0 Å². The molecule has 0 aliphatic rings. The van der Waals surface area contributed by atoms with Crippen LogP contribution < -0.4 is 54.0 Å². The van der Waals surface area contributed by atoms with E-state index in [1.807, 2.05) is 6.92 Å². The van der Waals surface area contributed by atoms with E-state index >= 15 is 0 Å². The average Bonchev–Trinajstić information content (AvgIpc) is 3.82. The van der Waals surface area contributed by atoms with Crippen LogP contribution in [-0.4, -0.2) is 175 Å². The third kappa shape index (κ3) is 21.0. The number of aliphatic hydroxyl groups is 3. The summed E-state index contributed by atoms with van der Waals surface area (Å²) < 4.78 is 0. The number of carboxylic acid groups (broad SMARTS) is 1. The predicted molar refractivity (Wildman–Crippen MR) is 254 cm³/mol. The van der Waals surface area contributed by atoms with Gasteiger partial charge in [0, 0.05) is 18.3 Å². The molecular weight excluding hydrogens is 941 g/mol. The summed E-state index contributed by atoms with van der Waals surface area (Å²) in [6, 6.07) is -13.6. The number of aliphatic hydroxyl groups excluding tert-OH is 3. The number of carbonyl (C=O) groups is 10. The van der Waals surface area contributed by atoms with Gasteiger partial charge < -0.3 is 79.4 Å². The molecule has 12 atom stereocenters. The summed E-state index contributed by atoms with van der Waals surface area (Å²) in [7, 11) is 0. The molecular formula is C43H74N12O14S. The van der Waals surface area contributed by atoms with Gasteiger partial charge in [0.05, 0.1) is 38.1 Å². The standard InChI is InChI=1S/C43H74N12O14S/c1-9-21(5)32(45)40(65)50-26(14-24-16-46-19-47-24)36(61)52-29(17-56)38(63)48-25(11-12-70-8)35(60)49-27(15-31(44)59)37(62)53-30(18-57)39(64)55-34(23(7)58)42(67)54-33(22(6)10-2)41(66)51-28(43(68)69)13-20(3)4/h16,19-23,25-30,32-34,56-58H,9-15,17-18,45H2,1-8H3,(H2,44,59)(H,46,47)(H,48,63)(H,49,60)(H,50,65)(H,51,66)(H,52,61)(H,53,62)(H,54,67)(H,55,64)(H,68,69)/t21-,22-,23+,25-,26-,27-,28-,29-,30-,32-,33-,34-/m0/s1. The molecule has 0 aromatic carbocycles. The van der Waals surface area contributed by atoms with Gasteiger partial charge in [0.1, 0.15) is 48.3 Å². The Kier molecular flexibility index (Phi) is 27.8. The highest BCUT2D eigenvalue weighted by Crippen LogP contribution is 2.13. The molecule has 1 rings (SSSR count). The first-order valence-electron chi connectivity index (χ1n) is 22.9. The number of hydrogen-bond donors (Lipinski definition) is 15. The number of rotatable bonds is 33. The van der Waals surface area contributed by atoms with Crippen LogP contribution in [0.2, 0.25) is 0 Å². The van der Waals surface area contributed by atoms with Crippen LogP contribution in [0.1, 0.15) is 86.3 Å². The number of nitrogens with zero attached hydrogens (tertiary/aromatic N) is 1. The lowest BCUT2D eigenvalue weighted by molar-refractivity contribution is -0.143. The molecule has 0 radical (unpaired) electrons. The molecule has 0 saturated heterocycles. The molecule has 9 amide bonds. The number of thioether (sulfide) groups is 1. The maximum Gasteiger partial charge on any atom is 0.326 e. The summed E-state index contributed by atoms with van der Waals surface area (Å²) in [6.07, 6.45) is 2.74. The van der Waals surface area contributed by atoms with E-state index in [-0.39, 0.29) is 36.9 Å². The highest BCUT2D eigenvalue weighted by Gasteiger charge is 2.37. The SMILES string of the molecule is CC[C@H](C)[C@H](N)C(=O)N[C@@H](Cc1cnc[nH]1)C(=O)N[C@@H](CO)C(=O)N[C@@H](CCSC)C(=O)N[C@@H](CC(N)=O)C(=O)N[C@@H](CO)C(=O)N[C@H](C(=O)N[C@H](C(=O)N[C@@H](CC(C)C)C(=O)O)[C@@H](C)CC)[C@@H](C)O. The third-order valence-electron chi connectivity index (χ3n) is 11.3. The van der Waals surface area contributed by atoms with E-state index < -0.39 is 145 Å². The maximum atomic E-state index is 13.8. The van der Waals surface area contributed by atoms with E-state index in [4.69, 9.17) is 11.5 Å². The van der Waals surface area contributed by atoms with Gasteiger partial charge in [-0.25, -0.2) is 9.78 Å². The number of imidazole rings is 1. The highest BCUT2D eigenvalue weighted by atomic mass is 32.2. The maximum absolute atomic E-state index is 13.8. The summed E-state index contributed by atoms with van der Waals surface area (Å²) in [5, 5.41) is 59.4. The monoisotopic (exact) mass is 1010 g/mol. The van der Waals surface area contributed by atoms with Crippen LogP contribution in [0.4, 0.5) is 0 Å². The van der Waals surface area contributed by atoms with Gasteiger partial charge in [0.2, 0.25) is 53.2 Å². The number of primary amides is 1. The fourth-order valence-corrected chi connectivity index (χ4v) is 7.03. The van der Waals surface area contributed by atoms with E-state index in [9.17, 15) is 68.4 Å². The fourth-order valence-electron chi connectivity index (χ4n) is 6.56. The van der Waals surface area contributed by atoms with Gasteiger partial charge in [-0.2, -0.15) is 11.8 Å². The number of aliphatic carboxylic acids is 1. The van der Waals surface area contributed by atoms with E-state index in [0.717, 1.165) is 6.92 Å². The van der Waals surface area contributed by atoms with Crippen LogP contribution in [0.5, 0.6) is 0 Å². The van der Waals surface area contributed by atoms with Crippen molar-refractivity contribution in [2.75, 3.05) is 25.2 Å². The number of carbonyl (C=O) groups excluding carboxylic acids is 9. The van der Waals surface area contributed by atoms with Crippen molar-refractivity contribution in [3.05, 3.63) is 18.2 Å². The van der Waals surface area contributed by atoms with Crippen molar-refractivity contribution < 1.29 is 68.4 Å². The number of carboxylic acids is 1. The van der Waals surface area contributed by atoms with Crippen LogP contribution in [0.25, 0.3) is 0 Å². The van der Waals surface area contributed by atoms with Crippen LogP contribution in [0, 0.1) is 17.8 Å². The molecule has 0 aliphatic carbocycles. The van der Waals surface area contributed by atoms with Gasteiger partial charge in [0.15, 0.2) is 0 Å². The molecule has 0 saturated carbocycles. The second kappa shape index (κ2) is 31.4. The van der Waals surface area contributed by atoms with Crippen molar-refractivity contribution in [1.82, 2.24) is 52.5 Å². The number of hydrogen-bond acceptors (Lipinski definition) is 16. The number of aromatic amines is 1. The van der Waals surface area contributed by atoms with Gasteiger partial charge in [-0.05, 0) is 49.5 Å². The van der Waals surface area contributed by atoms with Gasteiger partial charge in [-0.1, -0.05) is 54.4 Å². The summed E-state index contributed by atoms with van der Waals surface area (Å²) in [4.78, 5) is 138. The zero-order valence-corrected chi connectivity index (χ0v) is 41.7. The predicted octanol–water partition coefficient (Wildman–Crippen LogP) is -4.63. The highest BCUT2D eigenvalue weighted by molar-refractivity contribution is 7.98. The van der Waals surface area contributed by atoms with Gasteiger partial charge in [-0.15, -0.1) is 0 Å². The Balaban J connectivity index is 3.27. The van der Waals surface area contributed by atoms with E-state index in [0.29, 0.717) is 18.5 Å². The minimum absolute atomic E-state index is 0.0859. The molecule has 1 aromatic heterocycles. The normalized spacial score (nSPS) is 16.4. The van der Waals surface area contributed by atoms with Crippen molar-refractivity contribution in [3.8, 4) is 0 Å². The number of H-pyrrole nitrogens is 1. The van der Waals surface area contributed by atoms with Crippen molar-refractivity contribution in [2.24, 2.45) is 29.2 Å². The Morgan fingerprint density at radius 2 is 1.10 bits per heavy atom. The molecule has 1 aromatic rings. The van der Waals surface area contributed by atoms with Crippen molar-refractivity contribution in [3.63, 3.8) is 0 Å². The molecule has 17 N–H and O–H groups in total. The molecule has 1 heterocycles. The quantitative estimate of drug-likeness (QED) is 0.0315. The Morgan fingerprint density at radius 3 is 1.57 bits per heavy atom. The smallest absolute Gasteiger partial charge is 0.326 e. The topological polar surface area (TPSA) is 429 Å². The number of amides is 9. The first-order valence-corrected chi connectivity index (χ1v) is 24.3. The van der Waals surface area contributed by atoms with Crippen LogP contribution in [0.15, 0.2) is 12.5 Å². The molecule has 70 heavy (non-hydrogen) atoms. The Labute approximate surface area is 410 Å². The number of aromatic nitrogens is 2. The molecule has 26 nitrogen and oxygen atoms in total. The van der Waals surface area contributed by atoms with Crippen molar-refractivity contribution >= 4 is 70.9 Å². The van der Waals surface area contributed by atoms with Crippen LogP contribution in [0.3, 0.4) is 0 Å². The minimum atomic E-state index is -1.89. The lowest BCUT2D eigenvalue weighted by atomic mass is 9.96. The lowest BCUT2D eigenvalue weighted by Gasteiger charge is -2.29. The largest absolute Gasteiger partial charge is 0.480 e. The minimum Gasteiger partial charge on any atom is -0.480 e. The molecule has 0 spiro atoms. The summed E-state index contributed by atoms with van der Waals surface area (Å²) >= 11 is 1.26. The summed E-state index contributed by atoms with van der Waals surface area (Å²) in [5.41, 5.74) is 11.9. The summed E-state index contributed by atoms with van der Waals surface area (Å²) in [6.45, 7) is 9.46. The first kappa shape index (κ1) is 62.1. The van der Waals surface area contributed by atoms with E-state index in [1.165, 1.54) is 24.3 Å². The third-order valence-corrected chi connectivity index (χ3v) is 11.9. The second-order valence-electron chi connectivity index (χ2n) is 17.4. The Hall–Kier alpha value is -5.90. The molecule has 0 fully saturated rings. The summed E-state index contributed by atoms with van der Waals surface area (Å²) in [5.74, 6) is -11.1. The van der Waals surface area contributed by atoms with Gasteiger partial charge in [-0.3, -0.25) is 43.2 Å². The molecule has 27 heteroatoms. The molecule has 396 valence electrons.